The van der Waals surface area contributed by atoms with E-state index >= 15 is 0 Å². The van der Waals surface area contributed by atoms with E-state index in [1.165, 1.54) is 0 Å². The van der Waals surface area contributed by atoms with Gasteiger partial charge in [0.1, 0.15) is 12.1 Å². The molecule has 1 aromatic carbocycles. The Morgan fingerprint density at radius 1 is 1.29 bits per heavy atom. The number of carbonyl (C=O) groups is 3. The number of urea groups is 1. The van der Waals surface area contributed by atoms with Crippen molar-refractivity contribution >= 4 is 29.2 Å². The fourth-order valence-electron chi connectivity index (χ4n) is 2.98. The van der Waals surface area contributed by atoms with Crippen LogP contribution in [-0.2, 0) is 21.7 Å². The van der Waals surface area contributed by atoms with E-state index in [1.807, 2.05) is 36.6 Å². The molecule has 1 saturated heterocycles. The molecule has 1 aromatic heterocycles. The van der Waals surface area contributed by atoms with E-state index in [9.17, 15) is 14.4 Å². The first-order valence-electron chi connectivity index (χ1n) is 9.13. The Hall–Kier alpha value is -2.74. The highest BCUT2D eigenvalue weighted by Gasteiger charge is 2.49. The number of thiazole rings is 1. The van der Waals surface area contributed by atoms with Crippen molar-refractivity contribution in [2.24, 2.45) is 0 Å². The molecule has 28 heavy (non-hydrogen) atoms. The average Bonchev–Trinajstić information content (AvgIpc) is 3.20. The molecule has 0 bridgehead atoms. The minimum Gasteiger partial charge on any atom is -0.349 e. The molecule has 0 aliphatic carbocycles. The van der Waals surface area contributed by atoms with Gasteiger partial charge >= 0.3 is 6.03 Å². The maximum atomic E-state index is 12.9. The number of aromatic nitrogens is 1. The van der Waals surface area contributed by atoms with Crippen LogP contribution < -0.4 is 10.6 Å². The lowest BCUT2D eigenvalue weighted by molar-refractivity contribution is -0.134. The molecule has 3 rings (SSSR count). The number of imide groups is 1. The van der Waals surface area contributed by atoms with Gasteiger partial charge < -0.3 is 10.6 Å². The minimum absolute atomic E-state index is 0.265. The number of hydrogen-bond acceptors (Lipinski definition) is 5. The summed E-state index contributed by atoms with van der Waals surface area (Å²) in [5, 5.41) is 8.34. The molecule has 2 aromatic rings. The molecule has 2 N–H and O–H groups in total. The molecule has 1 aliphatic rings. The van der Waals surface area contributed by atoms with E-state index in [0.717, 1.165) is 21.2 Å². The Bertz CT molecular complexity index is 906. The molecular formula is C20H24N4O3S. The summed E-state index contributed by atoms with van der Waals surface area (Å²) in [6.07, 6.45) is 0. The van der Waals surface area contributed by atoms with Gasteiger partial charge in [0, 0.05) is 11.3 Å². The molecule has 2 heterocycles. The molecule has 0 radical (unpaired) electrons. The first-order chi connectivity index (χ1) is 13.2. The third-order valence-corrected chi connectivity index (χ3v) is 5.93. The average molecular weight is 401 g/mol. The molecular weight excluding hydrogens is 376 g/mol. The number of rotatable bonds is 6. The van der Waals surface area contributed by atoms with Gasteiger partial charge in [-0.1, -0.05) is 43.7 Å². The van der Waals surface area contributed by atoms with Crippen LogP contribution in [0.5, 0.6) is 0 Å². The smallest absolute Gasteiger partial charge is 0.325 e. The van der Waals surface area contributed by atoms with E-state index < -0.39 is 23.4 Å². The van der Waals surface area contributed by atoms with Crippen LogP contribution in [0.3, 0.4) is 0 Å². The predicted molar refractivity (Wildman–Crippen MR) is 107 cm³/mol. The standard InChI is InChI=1S/C20H24N4O3S/c1-12(2)17-22-15(11-28-17)9-21-16(25)10-24-18(26)20(4,23-19(24)27)14-7-5-13(3)6-8-14/h5-8,11-12H,9-10H2,1-4H3,(H,21,25)(H,23,27). The number of hydrogen-bond donors (Lipinski definition) is 2. The maximum absolute atomic E-state index is 12.9. The van der Waals surface area contributed by atoms with Gasteiger partial charge in [0.25, 0.3) is 5.91 Å². The van der Waals surface area contributed by atoms with Gasteiger partial charge in [-0.25, -0.2) is 9.78 Å². The second-order valence-corrected chi connectivity index (χ2v) is 8.31. The van der Waals surface area contributed by atoms with E-state index in [4.69, 9.17) is 0 Å². The third kappa shape index (κ3) is 3.91. The van der Waals surface area contributed by atoms with Crippen molar-refractivity contribution in [3.63, 3.8) is 0 Å². The first-order valence-corrected chi connectivity index (χ1v) is 10.0. The fourth-order valence-corrected chi connectivity index (χ4v) is 3.82. The zero-order chi connectivity index (χ0) is 20.5. The number of aryl methyl sites for hydroxylation is 1. The van der Waals surface area contributed by atoms with Crippen molar-refractivity contribution in [2.75, 3.05) is 6.54 Å². The van der Waals surface area contributed by atoms with Gasteiger partial charge in [0.05, 0.1) is 17.2 Å². The van der Waals surface area contributed by atoms with Crippen LogP contribution in [0.1, 0.15) is 48.5 Å². The molecule has 8 heteroatoms. The SMILES string of the molecule is Cc1ccc(C2(C)NC(=O)N(CC(=O)NCc3csc(C(C)C)n3)C2=O)cc1. The molecule has 0 spiro atoms. The first kappa shape index (κ1) is 20.0. The molecule has 1 atom stereocenters. The van der Waals surface area contributed by atoms with E-state index in [1.54, 1.807) is 18.3 Å². The summed E-state index contributed by atoms with van der Waals surface area (Å²) in [6.45, 7) is 7.66. The van der Waals surface area contributed by atoms with Crippen LogP contribution in [0.4, 0.5) is 4.79 Å². The van der Waals surface area contributed by atoms with E-state index in [2.05, 4.69) is 29.5 Å². The Morgan fingerprint density at radius 2 is 1.96 bits per heavy atom. The lowest BCUT2D eigenvalue weighted by Crippen LogP contribution is -2.43. The number of nitrogens with zero attached hydrogens (tertiary/aromatic N) is 2. The van der Waals surface area contributed by atoms with Crippen LogP contribution in [-0.4, -0.2) is 34.3 Å². The molecule has 4 amide bonds. The Kier molecular flexibility index (Phi) is 5.51. The summed E-state index contributed by atoms with van der Waals surface area (Å²) in [4.78, 5) is 42.9. The van der Waals surface area contributed by atoms with Gasteiger partial charge in [0.15, 0.2) is 0 Å². The normalized spacial score (nSPS) is 19.2. The lowest BCUT2D eigenvalue weighted by atomic mass is 9.91. The van der Waals surface area contributed by atoms with Crippen molar-refractivity contribution in [3.8, 4) is 0 Å². The number of nitrogens with one attached hydrogen (secondary N) is 2. The van der Waals surface area contributed by atoms with Crippen LogP contribution in [0.25, 0.3) is 0 Å². The number of carbonyl (C=O) groups excluding carboxylic acids is 3. The monoisotopic (exact) mass is 400 g/mol. The van der Waals surface area contributed by atoms with Crippen LogP contribution in [0.2, 0.25) is 0 Å². The summed E-state index contributed by atoms with van der Waals surface area (Å²) >= 11 is 1.55. The fraction of sp³-hybridized carbons (Fsp3) is 0.400. The summed E-state index contributed by atoms with van der Waals surface area (Å²) in [5.74, 6) is -0.511. The molecule has 0 saturated carbocycles. The number of benzene rings is 1. The Balaban J connectivity index is 1.63. The largest absolute Gasteiger partial charge is 0.349 e. The van der Waals surface area contributed by atoms with Gasteiger partial charge in [-0.05, 0) is 19.4 Å². The van der Waals surface area contributed by atoms with Crippen LogP contribution in [0.15, 0.2) is 29.6 Å². The van der Waals surface area contributed by atoms with Gasteiger partial charge in [-0.15, -0.1) is 11.3 Å². The second kappa shape index (κ2) is 7.71. The van der Waals surface area contributed by atoms with Crippen molar-refractivity contribution in [2.45, 2.75) is 45.7 Å². The minimum atomic E-state index is -1.17. The second-order valence-electron chi connectivity index (χ2n) is 7.42. The summed E-state index contributed by atoms with van der Waals surface area (Å²) in [7, 11) is 0. The molecule has 1 fully saturated rings. The van der Waals surface area contributed by atoms with Crippen molar-refractivity contribution in [1.29, 1.82) is 0 Å². The number of amides is 4. The lowest BCUT2D eigenvalue weighted by Gasteiger charge is -2.22. The Morgan fingerprint density at radius 3 is 2.57 bits per heavy atom. The van der Waals surface area contributed by atoms with Crippen molar-refractivity contribution in [1.82, 2.24) is 20.5 Å². The van der Waals surface area contributed by atoms with Gasteiger partial charge in [0.2, 0.25) is 5.91 Å². The molecule has 148 valence electrons. The summed E-state index contributed by atoms with van der Waals surface area (Å²) < 4.78 is 0. The van der Waals surface area contributed by atoms with Crippen molar-refractivity contribution in [3.05, 3.63) is 51.5 Å². The summed E-state index contributed by atoms with van der Waals surface area (Å²) in [6, 6.07) is 6.82. The highest BCUT2D eigenvalue weighted by atomic mass is 32.1. The highest BCUT2D eigenvalue weighted by molar-refractivity contribution is 7.09. The zero-order valence-corrected chi connectivity index (χ0v) is 17.2. The molecule has 1 unspecified atom stereocenters. The highest BCUT2D eigenvalue weighted by Crippen LogP contribution is 2.28. The van der Waals surface area contributed by atoms with E-state index in [-0.39, 0.29) is 13.1 Å². The van der Waals surface area contributed by atoms with Gasteiger partial charge in [-0.3, -0.25) is 14.5 Å². The summed E-state index contributed by atoms with van der Waals surface area (Å²) in [5.41, 5.74) is 1.33. The van der Waals surface area contributed by atoms with Crippen molar-refractivity contribution < 1.29 is 14.4 Å². The maximum Gasteiger partial charge on any atom is 0.325 e. The third-order valence-electron chi connectivity index (χ3n) is 4.74. The van der Waals surface area contributed by atoms with Crippen LogP contribution >= 0.6 is 11.3 Å². The van der Waals surface area contributed by atoms with Crippen LogP contribution in [0, 0.1) is 6.92 Å². The predicted octanol–water partition coefficient (Wildman–Crippen LogP) is 2.66. The molecule has 7 nitrogen and oxygen atoms in total. The zero-order valence-electron chi connectivity index (χ0n) is 16.4. The van der Waals surface area contributed by atoms with E-state index in [0.29, 0.717) is 11.5 Å². The Labute approximate surface area is 168 Å². The topological polar surface area (TPSA) is 91.4 Å². The quantitative estimate of drug-likeness (QED) is 0.730. The van der Waals surface area contributed by atoms with Gasteiger partial charge in [-0.2, -0.15) is 0 Å². The molecule has 1 aliphatic heterocycles.